The molecule has 1 N–H and O–H groups in total. The SMILES string of the molecule is CNCC1CCN(C(=O)c2cc([N+](=O)[O-])ccc2Cl)C1. The van der Waals surface area contributed by atoms with Crippen molar-refractivity contribution in [1.29, 1.82) is 0 Å². The van der Waals surface area contributed by atoms with Gasteiger partial charge in [0.1, 0.15) is 0 Å². The summed E-state index contributed by atoms with van der Waals surface area (Å²) in [6, 6.07) is 3.94. The predicted molar refractivity (Wildman–Crippen MR) is 76.0 cm³/mol. The average molecular weight is 298 g/mol. The third-order valence-corrected chi connectivity index (χ3v) is 3.79. The molecule has 7 heteroatoms. The van der Waals surface area contributed by atoms with Crippen molar-refractivity contribution >= 4 is 23.2 Å². The van der Waals surface area contributed by atoms with Gasteiger partial charge in [0.05, 0.1) is 15.5 Å². The lowest BCUT2D eigenvalue weighted by atomic mass is 10.1. The molecule has 1 aliphatic heterocycles. The molecule has 0 aromatic heterocycles. The first-order valence-corrected chi connectivity index (χ1v) is 6.78. The summed E-state index contributed by atoms with van der Waals surface area (Å²) < 4.78 is 0. The third kappa shape index (κ3) is 3.08. The van der Waals surface area contributed by atoms with E-state index in [2.05, 4.69) is 5.32 Å². The largest absolute Gasteiger partial charge is 0.338 e. The summed E-state index contributed by atoms with van der Waals surface area (Å²) in [4.78, 5) is 24.3. The smallest absolute Gasteiger partial charge is 0.270 e. The molecule has 1 heterocycles. The Balaban J connectivity index is 2.17. The zero-order valence-corrected chi connectivity index (χ0v) is 11.9. The molecule has 20 heavy (non-hydrogen) atoms. The lowest BCUT2D eigenvalue weighted by molar-refractivity contribution is -0.384. The summed E-state index contributed by atoms with van der Waals surface area (Å²) in [6.45, 7) is 2.16. The van der Waals surface area contributed by atoms with Crippen molar-refractivity contribution in [2.75, 3.05) is 26.7 Å². The van der Waals surface area contributed by atoms with Gasteiger partial charge in [-0.15, -0.1) is 0 Å². The summed E-state index contributed by atoms with van der Waals surface area (Å²) in [5.41, 5.74) is 0.0784. The van der Waals surface area contributed by atoms with Crippen LogP contribution in [0.5, 0.6) is 0 Å². The fourth-order valence-electron chi connectivity index (χ4n) is 2.43. The fraction of sp³-hybridized carbons (Fsp3) is 0.462. The van der Waals surface area contributed by atoms with Gasteiger partial charge >= 0.3 is 0 Å². The molecule has 0 bridgehead atoms. The van der Waals surface area contributed by atoms with Crippen molar-refractivity contribution in [2.24, 2.45) is 5.92 Å². The molecular weight excluding hydrogens is 282 g/mol. The van der Waals surface area contributed by atoms with Gasteiger partial charge in [0.25, 0.3) is 11.6 Å². The van der Waals surface area contributed by atoms with Crippen molar-refractivity contribution in [1.82, 2.24) is 10.2 Å². The number of non-ortho nitro benzene ring substituents is 1. The Hall–Kier alpha value is -1.66. The third-order valence-electron chi connectivity index (χ3n) is 3.46. The molecule has 0 radical (unpaired) electrons. The topological polar surface area (TPSA) is 75.5 Å². The van der Waals surface area contributed by atoms with Gasteiger partial charge in [-0.25, -0.2) is 0 Å². The van der Waals surface area contributed by atoms with Gasteiger partial charge in [0.15, 0.2) is 0 Å². The van der Waals surface area contributed by atoms with E-state index < -0.39 is 4.92 Å². The van der Waals surface area contributed by atoms with Gasteiger partial charge in [0, 0.05) is 25.2 Å². The molecular formula is C13H16ClN3O3. The Morgan fingerprint density at radius 3 is 3.00 bits per heavy atom. The van der Waals surface area contributed by atoms with Crippen molar-refractivity contribution in [3.63, 3.8) is 0 Å². The van der Waals surface area contributed by atoms with Crippen LogP contribution in [-0.4, -0.2) is 42.4 Å². The van der Waals surface area contributed by atoms with Crippen LogP contribution in [0.3, 0.4) is 0 Å². The Bertz CT molecular complexity index is 536. The maximum atomic E-state index is 12.4. The van der Waals surface area contributed by atoms with Crippen LogP contribution >= 0.6 is 11.6 Å². The number of hydrogen-bond donors (Lipinski definition) is 1. The number of nitro groups is 1. The minimum atomic E-state index is -0.527. The highest BCUT2D eigenvalue weighted by molar-refractivity contribution is 6.33. The molecule has 1 aliphatic rings. The first-order valence-electron chi connectivity index (χ1n) is 6.40. The molecule has 6 nitrogen and oxygen atoms in total. The summed E-state index contributed by atoms with van der Waals surface area (Å²) >= 11 is 5.99. The standard InChI is InChI=1S/C13H16ClN3O3/c1-15-7-9-4-5-16(8-9)13(18)11-6-10(17(19)20)2-3-12(11)14/h2-3,6,9,15H,4-5,7-8H2,1H3. The summed E-state index contributed by atoms with van der Waals surface area (Å²) in [5, 5.41) is 14.1. The minimum absolute atomic E-state index is 0.122. The highest BCUT2D eigenvalue weighted by atomic mass is 35.5. The second-order valence-electron chi connectivity index (χ2n) is 4.88. The van der Waals surface area contributed by atoms with E-state index in [4.69, 9.17) is 11.6 Å². The van der Waals surface area contributed by atoms with E-state index >= 15 is 0 Å². The number of nitrogens with zero attached hydrogens (tertiary/aromatic N) is 2. The summed E-state index contributed by atoms with van der Waals surface area (Å²) in [6.07, 6.45) is 0.930. The number of likely N-dealkylation sites (tertiary alicyclic amines) is 1. The molecule has 1 atom stereocenters. The van der Waals surface area contributed by atoms with Crippen LogP contribution < -0.4 is 5.32 Å². The van der Waals surface area contributed by atoms with Gasteiger partial charge in [0.2, 0.25) is 0 Å². The van der Waals surface area contributed by atoms with Crippen LogP contribution in [0.1, 0.15) is 16.8 Å². The summed E-state index contributed by atoms with van der Waals surface area (Å²) in [7, 11) is 1.88. The van der Waals surface area contributed by atoms with E-state index in [1.807, 2.05) is 7.05 Å². The van der Waals surface area contributed by atoms with Gasteiger partial charge in [-0.05, 0) is 32.0 Å². The normalized spacial score (nSPS) is 18.3. The Labute approximate surface area is 121 Å². The number of halogens is 1. The predicted octanol–water partition coefficient (Wildman–Crippen LogP) is 1.93. The van der Waals surface area contributed by atoms with E-state index in [9.17, 15) is 14.9 Å². The van der Waals surface area contributed by atoms with Crippen molar-refractivity contribution in [2.45, 2.75) is 6.42 Å². The average Bonchev–Trinajstić information content (AvgIpc) is 2.87. The Morgan fingerprint density at radius 2 is 2.35 bits per heavy atom. The zero-order chi connectivity index (χ0) is 14.7. The van der Waals surface area contributed by atoms with Crippen molar-refractivity contribution in [3.05, 3.63) is 38.9 Å². The summed E-state index contributed by atoms with van der Waals surface area (Å²) in [5.74, 6) is 0.179. The number of carbonyl (C=O) groups excluding carboxylic acids is 1. The number of benzene rings is 1. The molecule has 1 aromatic rings. The lowest BCUT2D eigenvalue weighted by Gasteiger charge is -2.17. The first kappa shape index (κ1) is 14.7. The lowest BCUT2D eigenvalue weighted by Crippen LogP contribution is -2.30. The molecule has 108 valence electrons. The quantitative estimate of drug-likeness (QED) is 0.680. The fourth-order valence-corrected chi connectivity index (χ4v) is 2.63. The number of amides is 1. The van der Waals surface area contributed by atoms with Gasteiger partial charge < -0.3 is 10.2 Å². The van der Waals surface area contributed by atoms with Crippen molar-refractivity contribution in [3.8, 4) is 0 Å². The Morgan fingerprint density at radius 1 is 1.60 bits per heavy atom. The first-order chi connectivity index (χ1) is 9.52. The molecule has 1 fully saturated rings. The molecule has 1 unspecified atom stereocenters. The monoisotopic (exact) mass is 297 g/mol. The Kier molecular flexibility index (Phi) is 4.57. The number of nitrogens with one attached hydrogen (secondary N) is 1. The van der Waals surface area contributed by atoms with Gasteiger partial charge in [-0.1, -0.05) is 11.6 Å². The van der Waals surface area contributed by atoms with E-state index in [-0.39, 0.29) is 22.2 Å². The van der Waals surface area contributed by atoms with Crippen LogP contribution in [0.15, 0.2) is 18.2 Å². The van der Waals surface area contributed by atoms with Crippen LogP contribution in [0.4, 0.5) is 5.69 Å². The molecule has 0 saturated carbocycles. The highest BCUT2D eigenvalue weighted by Crippen LogP contribution is 2.25. The maximum Gasteiger partial charge on any atom is 0.270 e. The number of nitro benzene ring substituents is 1. The molecule has 0 spiro atoms. The van der Waals surface area contributed by atoms with E-state index in [0.29, 0.717) is 19.0 Å². The van der Waals surface area contributed by atoms with E-state index in [0.717, 1.165) is 13.0 Å². The van der Waals surface area contributed by atoms with Crippen LogP contribution in [-0.2, 0) is 0 Å². The second-order valence-corrected chi connectivity index (χ2v) is 5.29. The molecule has 2 rings (SSSR count). The molecule has 1 saturated heterocycles. The van der Waals surface area contributed by atoms with Gasteiger partial charge in [-0.2, -0.15) is 0 Å². The van der Waals surface area contributed by atoms with Crippen LogP contribution in [0.25, 0.3) is 0 Å². The van der Waals surface area contributed by atoms with Gasteiger partial charge in [-0.3, -0.25) is 14.9 Å². The molecule has 1 aromatic carbocycles. The van der Waals surface area contributed by atoms with E-state index in [1.54, 1.807) is 4.90 Å². The number of hydrogen-bond acceptors (Lipinski definition) is 4. The highest BCUT2D eigenvalue weighted by Gasteiger charge is 2.28. The van der Waals surface area contributed by atoms with Crippen LogP contribution in [0.2, 0.25) is 5.02 Å². The van der Waals surface area contributed by atoms with Crippen molar-refractivity contribution < 1.29 is 9.72 Å². The number of carbonyl (C=O) groups is 1. The van der Waals surface area contributed by atoms with E-state index in [1.165, 1.54) is 18.2 Å². The second kappa shape index (κ2) is 6.19. The zero-order valence-electron chi connectivity index (χ0n) is 11.1. The molecule has 0 aliphatic carbocycles. The number of rotatable bonds is 4. The maximum absolute atomic E-state index is 12.4. The minimum Gasteiger partial charge on any atom is -0.338 e. The van der Waals surface area contributed by atoms with Crippen LogP contribution in [0, 0.1) is 16.0 Å². The molecule has 1 amide bonds.